The third-order valence-corrected chi connectivity index (χ3v) is 6.86. The summed E-state index contributed by atoms with van der Waals surface area (Å²) in [5.74, 6) is 2.67. The second-order valence-corrected chi connectivity index (χ2v) is 9.18. The Morgan fingerprint density at radius 1 is 1.29 bits per heavy atom. The SMILES string of the molecule is CCS/C=C\N=CNC(=O)CSC(C1=CCCCC1)N(C)c1ccc(OC)c(OC)c1. The molecule has 8 heteroatoms. The maximum atomic E-state index is 12.3. The molecule has 6 nitrogen and oxygen atoms in total. The lowest BCUT2D eigenvalue weighted by molar-refractivity contribution is -0.117. The first-order valence-electron chi connectivity index (χ1n) is 10.4. The van der Waals surface area contributed by atoms with Crippen LogP contribution in [-0.2, 0) is 4.79 Å². The fraction of sp³-hybridized carbons (Fsp3) is 0.478. The molecule has 0 aromatic heterocycles. The standard InChI is InChI=1S/C23H33N3O3S2/c1-5-30-14-13-24-17-25-22(27)16-31-23(18-9-7-6-8-10-18)26(2)19-11-12-20(28-3)21(15-19)29-4/h9,11-15,17,23H,5-8,10,16H2,1-4H3,(H,24,25,27)/b14-13-. The van der Waals surface area contributed by atoms with Crippen molar-refractivity contribution in [1.29, 1.82) is 0 Å². The van der Waals surface area contributed by atoms with Crippen molar-refractivity contribution >= 4 is 41.5 Å². The molecule has 170 valence electrons. The topological polar surface area (TPSA) is 63.2 Å². The van der Waals surface area contributed by atoms with Crippen molar-refractivity contribution in [3.05, 3.63) is 41.5 Å². The molecule has 0 saturated carbocycles. The molecule has 1 aromatic carbocycles. The van der Waals surface area contributed by atoms with Gasteiger partial charge in [-0.15, -0.1) is 23.5 Å². The number of carbonyl (C=O) groups excluding carboxylic acids is 1. The Hall–Kier alpha value is -2.06. The molecule has 0 bridgehead atoms. The van der Waals surface area contributed by atoms with E-state index in [0.717, 1.165) is 24.3 Å². The Kier molecular flexibility index (Phi) is 11.5. The number of amides is 1. The van der Waals surface area contributed by atoms with Crippen molar-refractivity contribution in [3.8, 4) is 11.5 Å². The molecule has 1 aromatic rings. The normalized spacial score (nSPS) is 15.0. The molecule has 1 atom stereocenters. The molecule has 0 heterocycles. The lowest BCUT2D eigenvalue weighted by atomic mass is 9.99. The fourth-order valence-electron chi connectivity index (χ4n) is 3.26. The van der Waals surface area contributed by atoms with E-state index in [1.54, 1.807) is 43.9 Å². The number of carbonyl (C=O) groups is 1. The molecule has 31 heavy (non-hydrogen) atoms. The van der Waals surface area contributed by atoms with Crippen LogP contribution >= 0.6 is 23.5 Å². The van der Waals surface area contributed by atoms with Crippen LogP contribution in [0.2, 0.25) is 0 Å². The van der Waals surface area contributed by atoms with Crippen LogP contribution in [0, 0.1) is 0 Å². The summed E-state index contributed by atoms with van der Waals surface area (Å²) in [6.45, 7) is 2.08. The molecule has 2 rings (SSSR count). The molecule has 1 aliphatic rings. The van der Waals surface area contributed by atoms with E-state index in [-0.39, 0.29) is 11.3 Å². The Morgan fingerprint density at radius 3 is 2.77 bits per heavy atom. The number of nitrogens with zero attached hydrogens (tertiary/aromatic N) is 2. The average molecular weight is 464 g/mol. The number of likely N-dealkylation sites (N-methyl/N-ethyl adjacent to an activating group) is 1. The number of anilines is 1. The van der Waals surface area contributed by atoms with Crippen LogP contribution in [0.25, 0.3) is 0 Å². The van der Waals surface area contributed by atoms with Crippen LogP contribution < -0.4 is 19.7 Å². The Balaban J connectivity index is 2.07. The Bertz CT molecular complexity index is 796. The summed E-state index contributed by atoms with van der Waals surface area (Å²) in [5.41, 5.74) is 2.39. The lowest BCUT2D eigenvalue weighted by Gasteiger charge is -2.33. The minimum absolute atomic E-state index is 0.0626. The van der Waals surface area contributed by atoms with Gasteiger partial charge in [0.25, 0.3) is 0 Å². The van der Waals surface area contributed by atoms with E-state index >= 15 is 0 Å². The number of aliphatic imine (C=N–C) groups is 1. The highest BCUT2D eigenvalue weighted by Gasteiger charge is 2.23. The summed E-state index contributed by atoms with van der Waals surface area (Å²) in [4.78, 5) is 18.6. The van der Waals surface area contributed by atoms with Crippen LogP contribution in [0.1, 0.15) is 32.6 Å². The van der Waals surface area contributed by atoms with E-state index in [2.05, 4.69) is 35.3 Å². The van der Waals surface area contributed by atoms with E-state index < -0.39 is 0 Å². The molecule has 0 aliphatic heterocycles. The summed E-state index contributed by atoms with van der Waals surface area (Å²) < 4.78 is 10.8. The zero-order valence-corrected chi connectivity index (χ0v) is 20.4. The van der Waals surface area contributed by atoms with Gasteiger partial charge in [-0.3, -0.25) is 4.79 Å². The largest absolute Gasteiger partial charge is 0.493 e. The highest BCUT2D eigenvalue weighted by Crippen LogP contribution is 2.36. The summed E-state index contributed by atoms with van der Waals surface area (Å²) >= 11 is 3.29. The average Bonchev–Trinajstić information content (AvgIpc) is 2.81. The number of hydrogen-bond acceptors (Lipinski definition) is 7. The zero-order valence-electron chi connectivity index (χ0n) is 18.8. The van der Waals surface area contributed by atoms with Gasteiger partial charge in [-0.1, -0.05) is 13.0 Å². The second kappa shape index (κ2) is 14.1. The first-order chi connectivity index (χ1) is 15.1. The molecule has 0 saturated heterocycles. The van der Waals surface area contributed by atoms with Crippen molar-refractivity contribution in [3.63, 3.8) is 0 Å². The predicted molar refractivity (Wildman–Crippen MR) is 135 cm³/mol. The van der Waals surface area contributed by atoms with E-state index in [9.17, 15) is 4.79 Å². The van der Waals surface area contributed by atoms with E-state index in [4.69, 9.17) is 9.47 Å². The highest BCUT2D eigenvalue weighted by molar-refractivity contribution is 8.02. The first-order valence-corrected chi connectivity index (χ1v) is 12.5. The highest BCUT2D eigenvalue weighted by atomic mass is 32.2. The Morgan fingerprint density at radius 2 is 2.10 bits per heavy atom. The fourth-order valence-corrected chi connectivity index (χ4v) is 4.77. The van der Waals surface area contributed by atoms with Crippen LogP contribution in [0.5, 0.6) is 11.5 Å². The molecule has 1 amide bonds. The van der Waals surface area contributed by atoms with Crippen molar-refractivity contribution < 1.29 is 14.3 Å². The van der Waals surface area contributed by atoms with Gasteiger partial charge in [-0.05, 0) is 54.6 Å². The number of methoxy groups -OCH3 is 2. The molecule has 0 spiro atoms. The third-order valence-electron chi connectivity index (χ3n) is 4.85. The molecule has 0 radical (unpaired) electrons. The number of rotatable bonds is 12. The van der Waals surface area contributed by atoms with E-state index in [1.165, 1.54) is 24.8 Å². The number of thioether (sulfide) groups is 2. The van der Waals surface area contributed by atoms with Crippen LogP contribution in [-0.4, -0.2) is 50.4 Å². The number of benzene rings is 1. The second-order valence-electron chi connectivity index (χ2n) is 6.92. The van der Waals surface area contributed by atoms with Gasteiger partial charge in [-0.25, -0.2) is 4.99 Å². The third kappa shape index (κ3) is 8.18. The van der Waals surface area contributed by atoms with Gasteiger partial charge in [0.05, 0.1) is 31.7 Å². The summed E-state index contributed by atoms with van der Waals surface area (Å²) in [6.07, 6.45) is 10.0. The number of allylic oxidation sites excluding steroid dienone is 1. The predicted octanol–water partition coefficient (Wildman–Crippen LogP) is 5.07. The molecular formula is C23H33N3O3S2. The smallest absolute Gasteiger partial charge is 0.235 e. The molecule has 1 aliphatic carbocycles. The van der Waals surface area contributed by atoms with Crippen LogP contribution in [0.3, 0.4) is 0 Å². The van der Waals surface area contributed by atoms with Crippen molar-refractivity contribution in [2.75, 3.05) is 37.7 Å². The molecule has 1 N–H and O–H groups in total. The number of nitrogens with one attached hydrogen (secondary N) is 1. The van der Waals surface area contributed by atoms with E-state index in [0.29, 0.717) is 17.3 Å². The molecule has 1 unspecified atom stereocenters. The van der Waals surface area contributed by atoms with Gasteiger partial charge in [-0.2, -0.15) is 0 Å². The lowest BCUT2D eigenvalue weighted by Crippen LogP contribution is -2.33. The minimum atomic E-state index is -0.0626. The zero-order chi connectivity index (χ0) is 22.5. The summed E-state index contributed by atoms with van der Waals surface area (Å²) in [5, 5.41) is 4.72. The quantitative estimate of drug-likeness (QED) is 0.202. The Labute approximate surface area is 194 Å². The summed E-state index contributed by atoms with van der Waals surface area (Å²) in [7, 11) is 5.33. The van der Waals surface area contributed by atoms with Crippen molar-refractivity contribution in [2.45, 2.75) is 38.0 Å². The maximum Gasteiger partial charge on any atom is 0.235 e. The van der Waals surface area contributed by atoms with Crippen LogP contribution in [0.4, 0.5) is 5.69 Å². The van der Waals surface area contributed by atoms with Gasteiger partial charge >= 0.3 is 0 Å². The minimum Gasteiger partial charge on any atom is -0.493 e. The molecular weight excluding hydrogens is 430 g/mol. The maximum absolute atomic E-state index is 12.3. The van der Waals surface area contributed by atoms with Crippen molar-refractivity contribution in [1.82, 2.24) is 5.32 Å². The van der Waals surface area contributed by atoms with E-state index in [1.807, 2.05) is 23.6 Å². The number of hydrogen-bond donors (Lipinski definition) is 1. The summed E-state index contributed by atoms with van der Waals surface area (Å²) in [6, 6.07) is 5.91. The van der Waals surface area contributed by atoms with Gasteiger partial charge in [0.15, 0.2) is 11.5 Å². The molecule has 0 fully saturated rings. The van der Waals surface area contributed by atoms with Crippen molar-refractivity contribution in [2.24, 2.45) is 4.99 Å². The van der Waals surface area contributed by atoms with Gasteiger partial charge < -0.3 is 19.7 Å². The van der Waals surface area contributed by atoms with Gasteiger partial charge in [0.1, 0.15) is 0 Å². The number of ether oxygens (including phenoxy) is 2. The monoisotopic (exact) mass is 463 g/mol. The van der Waals surface area contributed by atoms with Gasteiger partial charge in [0, 0.05) is 25.0 Å². The van der Waals surface area contributed by atoms with Crippen LogP contribution in [0.15, 0.2) is 46.4 Å². The first kappa shape index (κ1) is 25.2. The van der Waals surface area contributed by atoms with Gasteiger partial charge in [0.2, 0.25) is 5.91 Å².